The van der Waals surface area contributed by atoms with Gasteiger partial charge in [-0.05, 0) is 30.5 Å². The molecule has 0 radical (unpaired) electrons. The minimum atomic E-state index is -1.09. The second-order valence-corrected chi connectivity index (χ2v) is 4.62. The lowest BCUT2D eigenvalue weighted by Gasteiger charge is -2.11. The molecular formula is C14H19NO4. The van der Waals surface area contributed by atoms with E-state index in [1.165, 1.54) is 6.92 Å². The SMILES string of the molecule is CC(C)c1cccc(NC(=O)CO[C@H](C)C(=O)O)c1. The molecule has 5 nitrogen and oxygen atoms in total. The van der Waals surface area contributed by atoms with Gasteiger partial charge in [-0.2, -0.15) is 0 Å². The summed E-state index contributed by atoms with van der Waals surface area (Å²) in [7, 11) is 0. The number of carbonyl (C=O) groups excluding carboxylic acids is 1. The van der Waals surface area contributed by atoms with Gasteiger partial charge < -0.3 is 15.2 Å². The molecule has 2 N–H and O–H groups in total. The highest BCUT2D eigenvalue weighted by atomic mass is 16.5. The first-order chi connectivity index (χ1) is 8.90. The van der Waals surface area contributed by atoms with E-state index in [2.05, 4.69) is 19.2 Å². The van der Waals surface area contributed by atoms with Crippen LogP contribution in [-0.4, -0.2) is 29.7 Å². The summed E-state index contributed by atoms with van der Waals surface area (Å²) in [4.78, 5) is 22.1. The number of benzene rings is 1. The molecule has 1 aromatic rings. The Bertz CT molecular complexity index is 457. The van der Waals surface area contributed by atoms with E-state index in [9.17, 15) is 9.59 Å². The summed E-state index contributed by atoms with van der Waals surface area (Å²) in [6, 6.07) is 7.53. The van der Waals surface area contributed by atoms with Crippen LogP contribution in [0.4, 0.5) is 5.69 Å². The van der Waals surface area contributed by atoms with Crippen molar-refractivity contribution in [2.45, 2.75) is 32.8 Å². The van der Waals surface area contributed by atoms with Crippen molar-refractivity contribution in [3.05, 3.63) is 29.8 Å². The van der Waals surface area contributed by atoms with Crippen LogP contribution in [0.5, 0.6) is 0 Å². The molecule has 5 heteroatoms. The van der Waals surface area contributed by atoms with Gasteiger partial charge in [-0.15, -0.1) is 0 Å². The van der Waals surface area contributed by atoms with Gasteiger partial charge >= 0.3 is 5.97 Å². The molecular weight excluding hydrogens is 246 g/mol. The summed E-state index contributed by atoms with van der Waals surface area (Å²) < 4.78 is 4.90. The number of carboxylic acid groups (broad SMARTS) is 1. The standard InChI is InChI=1S/C14H19NO4/c1-9(2)11-5-4-6-12(7-11)15-13(16)8-19-10(3)14(17)18/h4-7,9-10H,8H2,1-3H3,(H,15,16)(H,17,18)/t10-/m1/s1. The number of hydrogen-bond donors (Lipinski definition) is 2. The molecule has 0 spiro atoms. The van der Waals surface area contributed by atoms with E-state index in [1.54, 1.807) is 6.07 Å². The molecule has 19 heavy (non-hydrogen) atoms. The molecule has 0 saturated heterocycles. The summed E-state index contributed by atoms with van der Waals surface area (Å²) in [5.74, 6) is -1.08. The lowest BCUT2D eigenvalue weighted by Crippen LogP contribution is -2.26. The molecule has 0 unspecified atom stereocenters. The van der Waals surface area contributed by atoms with Gasteiger partial charge in [0.1, 0.15) is 6.61 Å². The number of nitrogens with one attached hydrogen (secondary N) is 1. The van der Waals surface area contributed by atoms with Gasteiger partial charge in [0, 0.05) is 5.69 Å². The van der Waals surface area contributed by atoms with Gasteiger partial charge in [0.25, 0.3) is 0 Å². The molecule has 1 amide bonds. The third-order valence-corrected chi connectivity index (χ3v) is 2.65. The van der Waals surface area contributed by atoms with E-state index >= 15 is 0 Å². The molecule has 0 aromatic heterocycles. The predicted octanol–water partition coefficient (Wildman–Crippen LogP) is 2.24. The largest absolute Gasteiger partial charge is 0.479 e. The van der Waals surface area contributed by atoms with Gasteiger partial charge in [-0.3, -0.25) is 4.79 Å². The van der Waals surface area contributed by atoms with E-state index in [0.717, 1.165) is 5.56 Å². The first-order valence-electron chi connectivity index (χ1n) is 6.14. The molecule has 1 rings (SSSR count). The maximum atomic E-state index is 11.6. The average Bonchev–Trinajstić information content (AvgIpc) is 2.36. The fraction of sp³-hybridized carbons (Fsp3) is 0.429. The van der Waals surface area contributed by atoms with E-state index in [-0.39, 0.29) is 12.5 Å². The molecule has 0 bridgehead atoms. The number of carbonyl (C=O) groups is 2. The molecule has 0 heterocycles. The Morgan fingerprint density at radius 3 is 2.58 bits per heavy atom. The normalized spacial score (nSPS) is 12.2. The fourth-order valence-corrected chi connectivity index (χ4v) is 1.44. The lowest BCUT2D eigenvalue weighted by atomic mass is 10.0. The maximum Gasteiger partial charge on any atom is 0.332 e. The zero-order chi connectivity index (χ0) is 14.4. The Kier molecular flexibility index (Phi) is 5.51. The fourth-order valence-electron chi connectivity index (χ4n) is 1.44. The Morgan fingerprint density at radius 1 is 1.32 bits per heavy atom. The van der Waals surface area contributed by atoms with Gasteiger partial charge in [-0.25, -0.2) is 4.79 Å². The van der Waals surface area contributed by atoms with Crippen LogP contribution in [0, 0.1) is 0 Å². The number of carboxylic acids is 1. The van der Waals surface area contributed by atoms with Crippen molar-refractivity contribution < 1.29 is 19.4 Å². The summed E-state index contributed by atoms with van der Waals surface area (Å²) in [6.45, 7) is 5.24. The monoisotopic (exact) mass is 265 g/mol. The van der Waals surface area contributed by atoms with Crippen molar-refractivity contribution in [2.24, 2.45) is 0 Å². The molecule has 0 aliphatic carbocycles. The Labute approximate surface area is 112 Å². The molecule has 1 atom stereocenters. The summed E-state index contributed by atoms with van der Waals surface area (Å²) in [6.07, 6.45) is -0.993. The topological polar surface area (TPSA) is 75.6 Å². The van der Waals surface area contributed by atoms with Crippen LogP contribution in [0.25, 0.3) is 0 Å². The summed E-state index contributed by atoms with van der Waals surface area (Å²) >= 11 is 0. The molecule has 0 aliphatic rings. The second-order valence-electron chi connectivity index (χ2n) is 4.62. The molecule has 0 saturated carbocycles. The highest BCUT2D eigenvalue weighted by Gasteiger charge is 2.13. The number of aliphatic carboxylic acids is 1. The second kappa shape index (κ2) is 6.89. The third-order valence-electron chi connectivity index (χ3n) is 2.65. The van der Waals surface area contributed by atoms with Gasteiger partial charge in [0.15, 0.2) is 6.10 Å². The van der Waals surface area contributed by atoms with Crippen LogP contribution in [0.15, 0.2) is 24.3 Å². The number of amides is 1. The van der Waals surface area contributed by atoms with Crippen LogP contribution in [0.3, 0.4) is 0 Å². The first-order valence-corrected chi connectivity index (χ1v) is 6.14. The number of ether oxygens (including phenoxy) is 1. The number of anilines is 1. The van der Waals surface area contributed by atoms with Gasteiger partial charge in [0.2, 0.25) is 5.91 Å². The zero-order valence-corrected chi connectivity index (χ0v) is 11.3. The smallest absolute Gasteiger partial charge is 0.332 e. The van der Waals surface area contributed by atoms with Crippen molar-refractivity contribution >= 4 is 17.6 Å². The van der Waals surface area contributed by atoms with E-state index in [4.69, 9.17) is 9.84 Å². The van der Waals surface area contributed by atoms with Crippen molar-refractivity contribution in [3.8, 4) is 0 Å². The average molecular weight is 265 g/mol. The molecule has 0 fully saturated rings. The van der Waals surface area contributed by atoms with E-state index in [1.807, 2.05) is 18.2 Å². The van der Waals surface area contributed by atoms with Crippen LogP contribution >= 0.6 is 0 Å². The molecule has 1 aromatic carbocycles. The van der Waals surface area contributed by atoms with Crippen LogP contribution in [0.2, 0.25) is 0 Å². The summed E-state index contributed by atoms with van der Waals surface area (Å²) in [5.41, 5.74) is 1.81. The minimum Gasteiger partial charge on any atom is -0.479 e. The quantitative estimate of drug-likeness (QED) is 0.827. The Morgan fingerprint density at radius 2 is 2.00 bits per heavy atom. The van der Waals surface area contributed by atoms with Crippen molar-refractivity contribution in [2.75, 3.05) is 11.9 Å². The van der Waals surface area contributed by atoms with E-state index in [0.29, 0.717) is 11.6 Å². The summed E-state index contributed by atoms with van der Waals surface area (Å²) in [5, 5.41) is 11.3. The van der Waals surface area contributed by atoms with Crippen molar-refractivity contribution in [3.63, 3.8) is 0 Å². The highest BCUT2D eigenvalue weighted by Crippen LogP contribution is 2.18. The third kappa shape index (κ3) is 5.09. The number of hydrogen-bond acceptors (Lipinski definition) is 3. The first kappa shape index (κ1) is 15.2. The highest BCUT2D eigenvalue weighted by molar-refractivity contribution is 5.92. The van der Waals surface area contributed by atoms with Crippen molar-refractivity contribution in [1.82, 2.24) is 0 Å². The van der Waals surface area contributed by atoms with Gasteiger partial charge in [-0.1, -0.05) is 26.0 Å². The van der Waals surface area contributed by atoms with E-state index < -0.39 is 12.1 Å². The van der Waals surface area contributed by atoms with Gasteiger partial charge in [0.05, 0.1) is 0 Å². The number of rotatable bonds is 6. The molecule has 0 aliphatic heterocycles. The zero-order valence-electron chi connectivity index (χ0n) is 11.3. The predicted molar refractivity (Wildman–Crippen MR) is 72.2 cm³/mol. The van der Waals surface area contributed by atoms with Crippen LogP contribution < -0.4 is 5.32 Å². The van der Waals surface area contributed by atoms with Crippen LogP contribution in [0.1, 0.15) is 32.3 Å². The minimum absolute atomic E-state index is 0.278. The van der Waals surface area contributed by atoms with Crippen LogP contribution in [-0.2, 0) is 14.3 Å². The maximum absolute atomic E-state index is 11.6. The Balaban J connectivity index is 2.53. The molecule has 104 valence electrons. The lowest BCUT2D eigenvalue weighted by molar-refractivity contribution is -0.150. The Hall–Kier alpha value is -1.88. The van der Waals surface area contributed by atoms with Crippen molar-refractivity contribution in [1.29, 1.82) is 0 Å².